The second kappa shape index (κ2) is 6.59. The van der Waals surface area contributed by atoms with Crippen molar-refractivity contribution in [2.45, 2.75) is 69.3 Å². The number of aliphatic hydroxyl groups excluding tert-OH is 2. The first kappa shape index (κ1) is 19.8. The molecule has 0 unspecified atom stereocenters. The van der Waals surface area contributed by atoms with Crippen molar-refractivity contribution in [3.63, 3.8) is 0 Å². The maximum Gasteiger partial charge on any atom is 0.294 e. The van der Waals surface area contributed by atoms with E-state index in [9.17, 15) is 23.2 Å². The maximum absolute atomic E-state index is 12.1. The fraction of sp³-hybridized carbons (Fsp3) is 0.700. The van der Waals surface area contributed by atoms with Crippen LogP contribution in [0, 0.1) is 24.2 Å². The lowest BCUT2D eigenvalue weighted by atomic mass is 9.52. The van der Waals surface area contributed by atoms with Gasteiger partial charge in [0.25, 0.3) is 10.1 Å². The normalized spacial score (nSPS) is 37.5. The SMILES string of the molecule is Cc1ccc(S(=O)(=O)O)c([C@]2(CCO)[C@@H](C)C[C@H]3[C@@H](O)CCC[C@]32C)c1. The minimum absolute atomic E-state index is 0.0626. The van der Waals surface area contributed by atoms with E-state index in [1.165, 1.54) is 6.07 Å². The van der Waals surface area contributed by atoms with Crippen LogP contribution in [0.1, 0.15) is 57.1 Å². The van der Waals surface area contributed by atoms with E-state index in [0.29, 0.717) is 12.0 Å². The van der Waals surface area contributed by atoms with Crippen molar-refractivity contribution < 1.29 is 23.2 Å². The number of rotatable bonds is 4. The van der Waals surface area contributed by atoms with Crippen LogP contribution < -0.4 is 0 Å². The number of aliphatic hydroxyl groups is 2. The number of hydrogen-bond donors (Lipinski definition) is 3. The highest BCUT2D eigenvalue weighted by Gasteiger charge is 2.64. The van der Waals surface area contributed by atoms with Gasteiger partial charge in [0.05, 0.1) is 11.0 Å². The third-order valence-corrected chi connectivity index (χ3v) is 8.26. The summed E-state index contributed by atoms with van der Waals surface area (Å²) < 4.78 is 34.2. The highest BCUT2D eigenvalue weighted by atomic mass is 32.2. The fourth-order valence-electron chi connectivity index (χ4n) is 6.24. The third kappa shape index (κ3) is 2.73. The summed E-state index contributed by atoms with van der Waals surface area (Å²) in [4.78, 5) is -0.0645. The second-order valence-corrected chi connectivity index (χ2v) is 9.93. The average Bonchev–Trinajstić information content (AvgIpc) is 2.77. The molecule has 2 aliphatic rings. The molecular weight excluding hydrogens is 352 g/mol. The van der Waals surface area contributed by atoms with Crippen LogP contribution in [0.3, 0.4) is 0 Å². The first-order valence-electron chi connectivity index (χ1n) is 9.45. The molecule has 146 valence electrons. The number of benzene rings is 1. The molecule has 5 atom stereocenters. The molecule has 0 heterocycles. The highest BCUT2D eigenvalue weighted by molar-refractivity contribution is 7.85. The standard InChI is InChI=1S/C20H30O5S/c1-13-6-7-18(26(23,24)25)16(11-13)20(9-10-21)14(2)12-15-17(22)5-4-8-19(15,20)3/h6-7,11,14-15,17,21-22H,4-5,8-10,12H2,1-3H3,(H,23,24,25)/t14-,15-,17-,19+,20-/m0/s1. The summed E-state index contributed by atoms with van der Waals surface area (Å²) >= 11 is 0. The Kier molecular flexibility index (Phi) is 5.02. The van der Waals surface area contributed by atoms with Crippen molar-refractivity contribution in [2.75, 3.05) is 6.61 Å². The molecule has 0 saturated heterocycles. The minimum Gasteiger partial charge on any atom is -0.396 e. The average molecular weight is 383 g/mol. The molecule has 0 bridgehead atoms. The number of aryl methyl sites for hydroxylation is 1. The predicted molar refractivity (Wildman–Crippen MR) is 99.6 cm³/mol. The first-order valence-corrected chi connectivity index (χ1v) is 10.9. The Morgan fingerprint density at radius 2 is 2.00 bits per heavy atom. The van der Waals surface area contributed by atoms with Gasteiger partial charge in [0.15, 0.2) is 0 Å². The van der Waals surface area contributed by atoms with E-state index >= 15 is 0 Å². The molecule has 0 aliphatic heterocycles. The van der Waals surface area contributed by atoms with Crippen molar-refractivity contribution >= 4 is 10.1 Å². The van der Waals surface area contributed by atoms with Gasteiger partial charge in [-0.3, -0.25) is 4.55 Å². The van der Waals surface area contributed by atoms with Gasteiger partial charge in [0.2, 0.25) is 0 Å². The molecule has 0 amide bonds. The van der Waals surface area contributed by atoms with Gasteiger partial charge in [-0.1, -0.05) is 38.0 Å². The lowest BCUT2D eigenvalue weighted by Gasteiger charge is -2.52. The summed E-state index contributed by atoms with van der Waals surface area (Å²) in [6, 6.07) is 5.01. The number of hydrogen-bond acceptors (Lipinski definition) is 4. The molecule has 3 N–H and O–H groups in total. The summed E-state index contributed by atoms with van der Waals surface area (Å²) in [5.74, 6) is 0.146. The zero-order valence-corrected chi connectivity index (χ0v) is 16.6. The molecule has 1 aromatic carbocycles. The van der Waals surface area contributed by atoms with E-state index in [-0.39, 0.29) is 28.8 Å². The zero-order chi connectivity index (χ0) is 19.3. The molecule has 1 aromatic rings. The molecule has 2 saturated carbocycles. The second-order valence-electron chi connectivity index (χ2n) is 8.54. The fourth-order valence-corrected chi connectivity index (χ4v) is 7.00. The van der Waals surface area contributed by atoms with Gasteiger partial charge in [0, 0.05) is 12.0 Å². The van der Waals surface area contributed by atoms with Crippen LogP contribution in [-0.2, 0) is 15.5 Å². The zero-order valence-electron chi connectivity index (χ0n) is 15.8. The lowest BCUT2D eigenvalue weighted by Crippen LogP contribution is -2.50. The van der Waals surface area contributed by atoms with E-state index in [1.54, 1.807) is 6.07 Å². The molecule has 0 spiro atoms. The monoisotopic (exact) mass is 382 g/mol. The van der Waals surface area contributed by atoms with Gasteiger partial charge in [-0.25, -0.2) is 0 Å². The van der Waals surface area contributed by atoms with E-state index in [1.807, 2.05) is 13.0 Å². The van der Waals surface area contributed by atoms with Gasteiger partial charge < -0.3 is 10.2 Å². The Morgan fingerprint density at radius 3 is 2.62 bits per heavy atom. The summed E-state index contributed by atoms with van der Waals surface area (Å²) in [5.41, 5.74) is 0.575. The van der Waals surface area contributed by atoms with Crippen LogP contribution in [0.25, 0.3) is 0 Å². The Hall–Kier alpha value is -0.950. The summed E-state index contributed by atoms with van der Waals surface area (Å²) in [6.45, 7) is 6.05. The Balaban J connectivity index is 2.32. The van der Waals surface area contributed by atoms with Crippen molar-refractivity contribution in [3.8, 4) is 0 Å². The lowest BCUT2D eigenvalue weighted by molar-refractivity contribution is -0.0364. The Morgan fingerprint density at radius 1 is 1.31 bits per heavy atom. The third-order valence-electron chi connectivity index (χ3n) is 7.35. The molecule has 3 rings (SSSR count). The smallest absolute Gasteiger partial charge is 0.294 e. The first-order chi connectivity index (χ1) is 12.1. The van der Waals surface area contributed by atoms with Gasteiger partial charge in [-0.05, 0) is 61.5 Å². The van der Waals surface area contributed by atoms with Gasteiger partial charge >= 0.3 is 0 Å². The van der Waals surface area contributed by atoms with Crippen LogP contribution in [0.5, 0.6) is 0 Å². The Labute approximate surface area is 156 Å². The van der Waals surface area contributed by atoms with Crippen LogP contribution >= 0.6 is 0 Å². The van der Waals surface area contributed by atoms with Crippen LogP contribution in [0.2, 0.25) is 0 Å². The van der Waals surface area contributed by atoms with Crippen molar-refractivity contribution in [2.24, 2.45) is 17.3 Å². The molecule has 5 nitrogen and oxygen atoms in total. The van der Waals surface area contributed by atoms with Gasteiger partial charge in [-0.15, -0.1) is 0 Å². The minimum atomic E-state index is -4.39. The molecule has 6 heteroatoms. The molecular formula is C20H30O5S. The maximum atomic E-state index is 12.1. The number of fused-ring (bicyclic) bond motifs is 1. The van der Waals surface area contributed by atoms with E-state index in [0.717, 1.165) is 31.2 Å². The largest absolute Gasteiger partial charge is 0.396 e. The molecule has 2 aliphatic carbocycles. The van der Waals surface area contributed by atoms with Crippen LogP contribution in [0.15, 0.2) is 23.1 Å². The quantitative estimate of drug-likeness (QED) is 0.696. The molecule has 0 radical (unpaired) electrons. The topological polar surface area (TPSA) is 94.8 Å². The Bertz CT molecular complexity index is 789. The van der Waals surface area contributed by atoms with Crippen molar-refractivity contribution in [1.82, 2.24) is 0 Å². The van der Waals surface area contributed by atoms with Crippen molar-refractivity contribution in [3.05, 3.63) is 29.3 Å². The summed E-state index contributed by atoms with van der Waals surface area (Å²) in [5, 5.41) is 20.6. The van der Waals surface area contributed by atoms with Gasteiger partial charge in [-0.2, -0.15) is 8.42 Å². The van der Waals surface area contributed by atoms with Crippen LogP contribution in [-0.4, -0.2) is 35.9 Å². The highest BCUT2D eigenvalue weighted by Crippen LogP contribution is 2.67. The van der Waals surface area contributed by atoms with Crippen LogP contribution in [0.4, 0.5) is 0 Å². The van der Waals surface area contributed by atoms with E-state index in [2.05, 4.69) is 13.8 Å². The molecule has 0 aromatic heterocycles. The summed E-state index contributed by atoms with van der Waals surface area (Å²) in [6.07, 6.45) is 3.31. The van der Waals surface area contributed by atoms with E-state index in [4.69, 9.17) is 0 Å². The van der Waals surface area contributed by atoms with Crippen molar-refractivity contribution in [1.29, 1.82) is 0 Å². The van der Waals surface area contributed by atoms with E-state index < -0.39 is 21.6 Å². The predicted octanol–water partition coefficient (Wildman–Crippen LogP) is 3.07. The molecule has 2 fully saturated rings. The molecule has 26 heavy (non-hydrogen) atoms. The van der Waals surface area contributed by atoms with Gasteiger partial charge in [0.1, 0.15) is 0 Å². The summed E-state index contributed by atoms with van der Waals surface area (Å²) in [7, 11) is -4.39.